The lowest BCUT2D eigenvalue weighted by atomic mass is 10.2. The Kier molecular flexibility index (Phi) is 3.40. The third kappa shape index (κ3) is 2.39. The van der Waals surface area contributed by atoms with Crippen LogP contribution in [0.4, 0.5) is 5.13 Å². The number of aromatic nitrogens is 3. The number of hydrogen-bond donors (Lipinski definition) is 1. The summed E-state index contributed by atoms with van der Waals surface area (Å²) in [6.07, 6.45) is 0. The number of nitrogens with zero attached hydrogens (tertiary/aromatic N) is 3. The Balaban J connectivity index is 1.83. The SMILES string of the molecule is Cc1nn(C)c(C)c1CNc1nc2cc(Cl)ccc2s1. The van der Waals surface area contributed by atoms with E-state index < -0.39 is 0 Å². The van der Waals surface area contributed by atoms with E-state index in [4.69, 9.17) is 11.6 Å². The summed E-state index contributed by atoms with van der Waals surface area (Å²) >= 11 is 7.61. The van der Waals surface area contributed by atoms with Crippen LogP contribution in [0.5, 0.6) is 0 Å². The lowest BCUT2D eigenvalue weighted by Crippen LogP contribution is -2.01. The van der Waals surface area contributed by atoms with Gasteiger partial charge in [-0.1, -0.05) is 22.9 Å². The molecule has 4 nitrogen and oxygen atoms in total. The van der Waals surface area contributed by atoms with Crippen molar-refractivity contribution in [3.05, 3.63) is 40.2 Å². The fraction of sp³-hybridized carbons (Fsp3) is 0.286. The molecule has 104 valence electrons. The van der Waals surface area contributed by atoms with E-state index in [0.717, 1.165) is 27.6 Å². The maximum absolute atomic E-state index is 5.98. The van der Waals surface area contributed by atoms with E-state index >= 15 is 0 Å². The van der Waals surface area contributed by atoms with Crippen molar-refractivity contribution in [2.45, 2.75) is 20.4 Å². The highest BCUT2D eigenvalue weighted by Gasteiger charge is 2.10. The summed E-state index contributed by atoms with van der Waals surface area (Å²) in [6.45, 7) is 4.84. The van der Waals surface area contributed by atoms with Crippen LogP contribution in [0.3, 0.4) is 0 Å². The van der Waals surface area contributed by atoms with Gasteiger partial charge in [0.2, 0.25) is 0 Å². The first-order valence-corrected chi connectivity index (χ1v) is 7.53. The minimum Gasteiger partial charge on any atom is -0.357 e. The van der Waals surface area contributed by atoms with Gasteiger partial charge in [-0.2, -0.15) is 5.10 Å². The van der Waals surface area contributed by atoms with Gasteiger partial charge in [0.25, 0.3) is 0 Å². The van der Waals surface area contributed by atoms with E-state index in [1.165, 1.54) is 11.3 Å². The molecule has 20 heavy (non-hydrogen) atoms. The minimum atomic E-state index is 0.716. The van der Waals surface area contributed by atoms with Gasteiger partial charge in [0.05, 0.1) is 15.9 Å². The number of rotatable bonds is 3. The number of thiazole rings is 1. The van der Waals surface area contributed by atoms with Crippen molar-refractivity contribution in [2.24, 2.45) is 7.05 Å². The van der Waals surface area contributed by atoms with Crippen LogP contribution >= 0.6 is 22.9 Å². The van der Waals surface area contributed by atoms with E-state index in [1.54, 1.807) is 11.3 Å². The summed E-state index contributed by atoms with van der Waals surface area (Å²) in [6, 6.07) is 5.78. The standard InChI is InChI=1S/C14H15ClN4S/c1-8-11(9(2)19(3)18-8)7-16-14-17-12-6-10(15)4-5-13(12)20-14/h4-6H,7H2,1-3H3,(H,16,17). The molecule has 0 saturated carbocycles. The van der Waals surface area contributed by atoms with Crippen molar-refractivity contribution in [2.75, 3.05) is 5.32 Å². The monoisotopic (exact) mass is 306 g/mol. The Morgan fingerprint density at radius 1 is 1.35 bits per heavy atom. The molecule has 1 aromatic carbocycles. The summed E-state index contributed by atoms with van der Waals surface area (Å²) in [5.74, 6) is 0. The number of aryl methyl sites for hydroxylation is 2. The molecule has 0 aliphatic rings. The van der Waals surface area contributed by atoms with Crippen LogP contribution in [0.1, 0.15) is 17.0 Å². The smallest absolute Gasteiger partial charge is 0.184 e. The largest absolute Gasteiger partial charge is 0.357 e. The second-order valence-electron chi connectivity index (χ2n) is 4.76. The second kappa shape index (κ2) is 5.07. The van der Waals surface area contributed by atoms with Crippen LogP contribution in [0, 0.1) is 13.8 Å². The van der Waals surface area contributed by atoms with Gasteiger partial charge in [-0.25, -0.2) is 4.98 Å². The molecule has 0 amide bonds. The Labute approximate surface area is 126 Å². The molecule has 0 bridgehead atoms. The molecule has 0 spiro atoms. The van der Waals surface area contributed by atoms with E-state index in [-0.39, 0.29) is 0 Å². The molecule has 0 unspecified atom stereocenters. The maximum Gasteiger partial charge on any atom is 0.184 e. The van der Waals surface area contributed by atoms with E-state index in [1.807, 2.05) is 36.9 Å². The molecule has 0 fully saturated rings. The molecule has 2 heterocycles. The average molecular weight is 307 g/mol. The van der Waals surface area contributed by atoms with E-state index in [9.17, 15) is 0 Å². The first-order valence-electron chi connectivity index (χ1n) is 6.33. The molecule has 1 N–H and O–H groups in total. The van der Waals surface area contributed by atoms with Gasteiger partial charge >= 0.3 is 0 Å². The van der Waals surface area contributed by atoms with Crippen LogP contribution in [0.15, 0.2) is 18.2 Å². The van der Waals surface area contributed by atoms with Crippen LogP contribution in [0.2, 0.25) is 5.02 Å². The Bertz CT molecular complexity index is 775. The molecular formula is C14H15ClN4S. The normalized spacial score (nSPS) is 11.2. The van der Waals surface area contributed by atoms with Crippen molar-refractivity contribution in [1.82, 2.24) is 14.8 Å². The Hall–Kier alpha value is -1.59. The lowest BCUT2D eigenvalue weighted by molar-refractivity contribution is 0.730. The first-order chi connectivity index (χ1) is 9.54. The zero-order chi connectivity index (χ0) is 14.3. The van der Waals surface area contributed by atoms with Crippen LogP contribution in [0.25, 0.3) is 10.2 Å². The molecule has 0 aliphatic carbocycles. The fourth-order valence-corrected chi connectivity index (χ4v) is 3.22. The van der Waals surface area contributed by atoms with Crippen LogP contribution in [-0.4, -0.2) is 14.8 Å². The van der Waals surface area contributed by atoms with Crippen molar-refractivity contribution in [3.63, 3.8) is 0 Å². The number of benzene rings is 1. The highest BCUT2D eigenvalue weighted by Crippen LogP contribution is 2.28. The molecule has 0 saturated heterocycles. The minimum absolute atomic E-state index is 0.716. The second-order valence-corrected chi connectivity index (χ2v) is 6.22. The van der Waals surface area contributed by atoms with Crippen molar-refractivity contribution in [3.8, 4) is 0 Å². The molecule has 0 radical (unpaired) electrons. The molecule has 3 aromatic rings. The van der Waals surface area contributed by atoms with E-state index in [2.05, 4.69) is 22.3 Å². The van der Waals surface area contributed by atoms with Crippen molar-refractivity contribution < 1.29 is 0 Å². The number of halogens is 1. The first kappa shape index (κ1) is 13.4. The van der Waals surface area contributed by atoms with Gasteiger partial charge in [-0.05, 0) is 32.0 Å². The molecule has 3 rings (SSSR count). The molecule has 2 aromatic heterocycles. The molecule has 0 aliphatic heterocycles. The number of hydrogen-bond acceptors (Lipinski definition) is 4. The van der Waals surface area contributed by atoms with Crippen molar-refractivity contribution >= 4 is 38.3 Å². The quantitative estimate of drug-likeness (QED) is 0.797. The number of anilines is 1. The van der Waals surface area contributed by atoms with Crippen LogP contribution < -0.4 is 5.32 Å². The Morgan fingerprint density at radius 3 is 2.85 bits per heavy atom. The number of fused-ring (bicyclic) bond motifs is 1. The topological polar surface area (TPSA) is 42.7 Å². The summed E-state index contributed by atoms with van der Waals surface area (Å²) in [5.41, 5.74) is 4.40. The zero-order valence-corrected chi connectivity index (χ0v) is 13.1. The highest BCUT2D eigenvalue weighted by atomic mass is 35.5. The van der Waals surface area contributed by atoms with Gasteiger partial charge in [-0.3, -0.25) is 4.68 Å². The lowest BCUT2D eigenvalue weighted by Gasteiger charge is -2.03. The van der Waals surface area contributed by atoms with Gasteiger partial charge in [-0.15, -0.1) is 0 Å². The van der Waals surface area contributed by atoms with E-state index in [0.29, 0.717) is 5.02 Å². The summed E-state index contributed by atoms with van der Waals surface area (Å²) in [7, 11) is 1.96. The third-order valence-corrected chi connectivity index (χ3v) is 4.65. The Morgan fingerprint density at radius 2 is 2.15 bits per heavy atom. The summed E-state index contributed by atoms with van der Waals surface area (Å²) in [5, 5.41) is 9.42. The van der Waals surface area contributed by atoms with Gasteiger partial charge < -0.3 is 5.32 Å². The predicted molar refractivity (Wildman–Crippen MR) is 84.6 cm³/mol. The van der Waals surface area contributed by atoms with Gasteiger partial charge in [0, 0.05) is 29.9 Å². The average Bonchev–Trinajstić information content (AvgIpc) is 2.89. The molecule has 0 atom stereocenters. The summed E-state index contributed by atoms with van der Waals surface area (Å²) in [4.78, 5) is 4.55. The summed E-state index contributed by atoms with van der Waals surface area (Å²) < 4.78 is 3.04. The maximum atomic E-state index is 5.98. The fourth-order valence-electron chi connectivity index (χ4n) is 2.21. The molecular weight excluding hydrogens is 292 g/mol. The van der Waals surface area contributed by atoms with Crippen molar-refractivity contribution in [1.29, 1.82) is 0 Å². The van der Waals surface area contributed by atoms with Gasteiger partial charge in [0.15, 0.2) is 5.13 Å². The van der Waals surface area contributed by atoms with Crippen LogP contribution in [-0.2, 0) is 13.6 Å². The van der Waals surface area contributed by atoms with Gasteiger partial charge in [0.1, 0.15) is 0 Å². The highest BCUT2D eigenvalue weighted by molar-refractivity contribution is 7.22. The number of nitrogens with one attached hydrogen (secondary N) is 1. The predicted octanol–water partition coefficient (Wildman–Crippen LogP) is 3.91. The molecule has 6 heteroatoms. The third-order valence-electron chi connectivity index (χ3n) is 3.42. The zero-order valence-electron chi connectivity index (χ0n) is 11.6.